The van der Waals surface area contributed by atoms with Crippen LogP contribution >= 0.6 is 36.4 Å². The molecule has 0 unspecified atom stereocenters. The van der Waals surface area contributed by atoms with Crippen LogP contribution < -0.4 is 0 Å². The highest BCUT2D eigenvalue weighted by atomic mass is 35.5. The summed E-state index contributed by atoms with van der Waals surface area (Å²) < 4.78 is 0. The summed E-state index contributed by atoms with van der Waals surface area (Å²) in [5, 5.41) is 0.789. The van der Waals surface area contributed by atoms with Gasteiger partial charge in [-0.25, -0.2) is 0 Å². The standard InChI is InChI=1S/C33H39ClN2O.2ClH/c1-25-6-2-3-8-30(25)23-35-18-15-26(16-19-35)11-14-33(37)29-13-12-28-9-5-17-36(24-31(28)21-29)22-27-7-4-10-32(34)20-27;;/h2-4,6-8,10,12-13,20-21,26H,5,9,11,14-19,22-24H2,1H3;2*1H. The normalized spacial score (nSPS) is 16.5. The smallest absolute Gasteiger partial charge is 0.162 e. The van der Waals surface area contributed by atoms with E-state index in [-0.39, 0.29) is 24.8 Å². The van der Waals surface area contributed by atoms with Crippen molar-refractivity contribution in [1.29, 1.82) is 0 Å². The predicted octanol–water partition coefficient (Wildman–Crippen LogP) is 8.32. The molecule has 2 aliphatic heterocycles. The average Bonchev–Trinajstić information content (AvgIpc) is 3.10. The van der Waals surface area contributed by atoms with Crippen LogP contribution in [-0.4, -0.2) is 35.2 Å². The Bertz CT molecular complexity index is 1220. The van der Waals surface area contributed by atoms with Crippen LogP contribution in [0.15, 0.2) is 66.7 Å². The van der Waals surface area contributed by atoms with Gasteiger partial charge in [0.05, 0.1) is 0 Å². The summed E-state index contributed by atoms with van der Waals surface area (Å²) in [6, 6.07) is 23.3. The summed E-state index contributed by atoms with van der Waals surface area (Å²) in [5.74, 6) is 0.960. The fraction of sp³-hybridized carbons (Fsp3) is 0.424. The number of hydrogen-bond donors (Lipinski definition) is 0. The SMILES string of the molecule is Cc1ccccc1CN1CCC(CCC(=O)c2ccc3c(c2)CN(Cc2cccc(Cl)c2)CCC3)CC1.Cl.Cl. The van der Waals surface area contributed by atoms with Crippen molar-refractivity contribution in [2.75, 3.05) is 19.6 Å². The third kappa shape index (κ3) is 8.80. The monoisotopic (exact) mass is 586 g/mol. The van der Waals surface area contributed by atoms with E-state index in [0.29, 0.717) is 18.1 Å². The van der Waals surface area contributed by atoms with Gasteiger partial charge in [0.1, 0.15) is 0 Å². The van der Waals surface area contributed by atoms with Crippen molar-refractivity contribution in [3.05, 3.63) is 105 Å². The molecule has 3 aromatic carbocycles. The van der Waals surface area contributed by atoms with E-state index >= 15 is 0 Å². The summed E-state index contributed by atoms with van der Waals surface area (Å²) in [6.45, 7) is 8.35. The molecule has 0 atom stereocenters. The van der Waals surface area contributed by atoms with Crippen LogP contribution in [0.1, 0.15) is 70.3 Å². The van der Waals surface area contributed by atoms with Gasteiger partial charge in [0.15, 0.2) is 5.78 Å². The van der Waals surface area contributed by atoms with E-state index in [1.54, 1.807) is 0 Å². The molecule has 0 radical (unpaired) electrons. The minimum atomic E-state index is 0. The second kappa shape index (κ2) is 15.2. The molecule has 210 valence electrons. The molecule has 6 heteroatoms. The number of likely N-dealkylation sites (tertiary alicyclic amines) is 1. The Balaban J connectivity index is 0.00000210. The van der Waals surface area contributed by atoms with Gasteiger partial charge in [-0.05, 0) is 111 Å². The van der Waals surface area contributed by atoms with Gasteiger partial charge in [0.2, 0.25) is 0 Å². The van der Waals surface area contributed by atoms with Gasteiger partial charge in [0, 0.05) is 36.6 Å². The molecule has 0 aromatic heterocycles. The number of hydrogen-bond acceptors (Lipinski definition) is 3. The Labute approximate surface area is 251 Å². The largest absolute Gasteiger partial charge is 0.299 e. The lowest BCUT2D eigenvalue weighted by Gasteiger charge is -2.32. The van der Waals surface area contributed by atoms with Crippen molar-refractivity contribution in [2.45, 2.75) is 65.1 Å². The van der Waals surface area contributed by atoms with E-state index in [2.05, 4.69) is 71.3 Å². The van der Waals surface area contributed by atoms with Gasteiger partial charge in [-0.3, -0.25) is 14.6 Å². The van der Waals surface area contributed by atoms with E-state index in [9.17, 15) is 4.79 Å². The highest BCUT2D eigenvalue weighted by Crippen LogP contribution is 2.26. The first-order valence-corrected chi connectivity index (χ1v) is 14.3. The number of benzene rings is 3. The lowest BCUT2D eigenvalue weighted by atomic mass is 9.89. The lowest BCUT2D eigenvalue weighted by Crippen LogP contribution is -2.33. The molecule has 0 N–H and O–H groups in total. The van der Waals surface area contributed by atoms with Gasteiger partial charge in [0.25, 0.3) is 0 Å². The second-order valence-electron chi connectivity index (χ2n) is 11.0. The molecule has 2 aliphatic rings. The number of carbonyl (C=O) groups is 1. The Morgan fingerprint density at radius 2 is 1.67 bits per heavy atom. The first-order chi connectivity index (χ1) is 18.0. The quantitative estimate of drug-likeness (QED) is 0.248. The molecular formula is C33H41Cl3N2O. The second-order valence-corrected chi connectivity index (χ2v) is 11.5. The summed E-state index contributed by atoms with van der Waals surface area (Å²) >= 11 is 6.20. The van der Waals surface area contributed by atoms with Gasteiger partial charge in [-0.1, -0.05) is 60.1 Å². The number of nitrogens with zero attached hydrogens (tertiary/aromatic N) is 2. The third-order valence-electron chi connectivity index (χ3n) is 8.28. The highest BCUT2D eigenvalue weighted by Gasteiger charge is 2.22. The number of rotatable bonds is 8. The zero-order valence-corrected chi connectivity index (χ0v) is 25.3. The van der Waals surface area contributed by atoms with Gasteiger partial charge in [-0.2, -0.15) is 0 Å². The summed E-state index contributed by atoms with van der Waals surface area (Å²) in [6.07, 6.45) is 6.28. The van der Waals surface area contributed by atoms with Gasteiger partial charge >= 0.3 is 0 Å². The fourth-order valence-electron chi connectivity index (χ4n) is 5.97. The minimum Gasteiger partial charge on any atom is -0.299 e. The molecule has 1 fully saturated rings. The Kier molecular flexibility index (Phi) is 12.3. The maximum absolute atomic E-state index is 13.2. The van der Waals surface area contributed by atoms with Crippen LogP contribution in [0, 0.1) is 12.8 Å². The van der Waals surface area contributed by atoms with Crippen LogP contribution in [0.5, 0.6) is 0 Å². The molecule has 0 spiro atoms. The van der Waals surface area contributed by atoms with Crippen molar-refractivity contribution in [1.82, 2.24) is 9.80 Å². The van der Waals surface area contributed by atoms with Crippen LogP contribution in [-0.2, 0) is 26.1 Å². The maximum atomic E-state index is 13.2. The number of fused-ring (bicyclic) bond motifs is 1. The van der Waals surface area contributed by atoms with Crippen LogP contribution in [0.3, 0.4) is 0 Å². The summed E-state index contributed by atoms with van der Waals surface area (Å²) in [7, 11) is 0. The molecule has 3 nitrogen and oxygen atoms in total. The molecule has 2 heterocycles. The minimum absolute atomic E-state index is 0. The van der Waals surface area contributed by atoms with E-state index in [1.807, 2.05) is 12.1 Å². The molecule has 5 rings (SSSR count). The van der Waals surface area contributed by atoms with Crippen LogP contribution in [0.25, 0.3) is 0 Å². The molecule has 0 amide bonds. The summed E-state index contributed by atoms with van der Waals surface area (Å²) in [5.41, 5.74) is 7.66. The molecule has 3 aromatic rings. The Morgan fingerprint density at radius 1 is 0.872 bits per heavy atom. The maximum Gasteiger partial charge on any atom is 0.162 e. The fourth-order valence-corrected chi connectivity index (χ4v) is 6.19. The Morgan fingerprint density at radius 3 is 2.44 bits per heavy atom. The van der Waals surface area contributed by atoms with Crippen molar-refractivity contribution in [3.8, 4) is 0 Å². The molecule has 1 saturated heterocycles. The lowest BCUT2D eigenvalue weighted by molar-refractivity contribution is 0.0961. The highest BCUT2D eigenvalue weighted by molar-refractivity contribution is 6.30. The first kappa shape index (κ1) is 31.6. The molecule has 39 heavy (non-hydrogen) atoms. The number of piperidine rings is 1. The zero-order valence-electron chi connectivity index (χ0n) is 22.9. The Hall–Kier alpha value is -1.88. The predicted molar refractivity (Wildman–Crippen MR) is 168 cm³/mol. The van der Waals surface area contributed by atoms with E-state index < -0.39 is 0 Å². The number of halogens is 3. The van der Waals surface area contributed by atoms with Crippen LogP contribution in [0.2, 0.25) is 5.02 Å². The van der Waals surface area contributed by atoms with Gasteiger partial charge in [-0.15, -0.1) is 24.8 Å². The molecule has 0 bridgehead atoms. The van der Waals surface area contributed by atoms with Crippen LogP contribution in [0.4, 0.5) is 0 Å². The third-order valence-corrected chi connectivity index (χ3v) is 8.51. The van der Waals surface area contributed by atoms with E-state index in [1.165, 1.54) is 40.7 Å². The topological polar surface area (TPSA) is 23.6 Å². The van der Waals surface area contributed by atoms with Crippen molar-refractivity contribution >= 4 is 42.2 Å². The number of aryl methyl sites for hydroxylation is 2. The zero-order chi connectivity index (χ0) is 25.6. The number of Topliss-reactive ketones (excluding diaryl/α,β-unsaturated/α-hetero) is 1. The average molecular weight is 588 g/mol. The van der Waals surface area contributed by atoms with Gasteiger partial charge < -0.3 is 0 Å². The van der Waals surface area contributed by atoms with E-state index in [4.69, 9.17) is 11.6 Å². The summed E-state index contributed by atoms with van der Waals surface area (Å²) in [4.78, 5) is 18.2. The first-order valence-electron chi connectivity index (χ1n) is 13.9. The van der Waals surface area contributed by atoms with Crippen molar-refractivity contribution in [3.63, 3.8) is 0 Å². The number of ketones is 1. The van der Waals surface area contributed by atoms with Crippen molar-refractivity contribution in [2.24, 2.45) is 5.92 Å². The molecular weight excluding hydrogens is 547 g/mol. The van der Waals surface area contributed by atoms with E-state index in [0.717, 1.165) is 69.1 Å². The molecule has 0 saturated carbocycles. The van der Waals surface area contributed by atoms with Crippen molar-refractivity contribution < 1.29 is 4.79 Å². The number of carbonyl (C=O) groups excluding carboxylic acids is 1. The molecule has 0 aliphatic carbocycles.